The zero-order valence-corrected chi connectivity index (χ0v) is 12.9. The Labute approximate surface area is 134 Å². The normalized spacial score (nSPS) is 17.7. The number of halogens is 1. The highest BCUT2D eigenvalue weighted by atomic mass is 35.5. The van der Waals surface area contributed by atoms with E-state index in [9.17, 15) is 4.79 Å². The van der Waals surface area contributed by atoms with E-state index >= 15 is 0 Å². The third-order valence-corrected chi connectivity index (χ3v) is 3.48. The first-order valence-corrected chi connectivity index (χ1v) is 7.16. The maximum absolute atomic E-state index is 11.9. The van der Waals surface area contributed by atoms with Crippen LogP contribution in [0.4, 0.5) is 0 Å². The van der Waals surface area contributed by atoms with Crippen LogP contribution in [0.2, 0.25) is 0 Å². The quantitative estimate of drug-likeness (QED) is 0.866. The van der Waals surface area contributed by atoms with Crippen LogP contribution in [0, 0.1) is 0 Å². The van der Waals surface area contributed by atoms with Gasteiger partial charge in [0, 0.05) is 25.4 Å². The fourth-order valence-corrected chi connectivity index (χ4v) is 2.36. The zero-order chi connectivity index (χ0) is 14.5. The van der Waals surface area contributed by atoms with Gasteiger partial charge in [-0.3, -0.25) is 4.79 Å². The minimum atomic E-state index is 0. The highest BCUT2D eigenvalue weighted by molar-refractivity contribution is 5.85. The number of nitrogens with zero attached hydrogens (tertiary/aromatic N) is 2. The number of piperidine rings is 1. The molecule has 2 aromatic heterocycles. The summed E-state index contributed by atoms with van der Waals surface area (Å²) in [4.78, 5) is 16.1. The molecule has 1 aliphatic heterocycles. The Morgan fingerprint density at radius 2 is 2.41 bits per heavy atom. The highest BCUT2D eigenvalue weighted by Crippen LogP contribution is 2.16. The van der Waals surface area contributed by atoms with Crippen LogP contribution in [0.5, 0.6) is 0 Å². The molecule has 1 amide bonds. The molecule has 0 radical (unpaired) electrons. The topological polar surface area (TPSA) is 93.2 Å². The Kier molecular flexibility index (Phi) is 5.97. The smallest absolute Gasteiger partial charge is 0.227 e. The summed E-state index contributed by atoms with van der Waals surface area (Å²) in [5.41, 5.74) is 0.766. The van der Waals surface area contributed by atoms with Crippen molar-refractivity contribution in [2.24, 2.45) is 0 Å². The van der Waals surface area contributed by atoms with Crippen LogP contribution in [0.1, 0.15) is 25.2 Å². The Morgan fingerprint density at radius 3 is 3.14 bits per heavy atom. The van der Waals surface area contributed by atoms with E-state index in [2.05, 4.69) is 20.8 Å². The molecular weight excluding hydrogens is 308 g/mol. The molecule has 0 spiro atoms. The number of aromatic nitrogens is 2. The Bertz CT molecular complexity index is 579. The van der Waals surface area contributed by atoms with Crippen molar-refractivity contribution >= 4 is 18.3 Å². The molecule has 0 aliphatic carbocycles. The van der Waals surface area contributed by atoms with E-state index in [-0.39, 0.29) is 24.4 Å². The van der Waals surface area contributed by atoms with Gasteiger partial charge in [-0.25, -0.2) is 0 Å². The number of rotatable bonds is 5. The summed E-state index contributed by atoms with van der Waals surface area (Å²) in [5, 5.41) is 10.2. The van der Waals surface area contributed by atoms with Crippen molar-refractivity contribution in [2.75, 3.05) is 13.1 Å². The lowest BCUT2D eigenvalue weighted by Crippen LogP contribution is -2.45. The van der Waals surface area contributed by atoms with Crippen LogP contribution in [0.25, 0.3) is 11.4 Å². The van der Waals surface area contributed by atoms with E-state index in [4.69, 9.17) is 8.94 Å². The minimum absolute atomic E-state index is 0. The molecule has 1 unspecified atom stereocenters. The lowest BCUT2D eigenvalue weighted by Gasteiger charge is -2.23. The lowest BCUT2D eigenvalue weighted by atomic mass is 10.1. The van der Waals surface area contributed by atoms with Gasteiger partial charge in [0.15, 0.2) is 0 Å². The van der Waals surface area contributed by atoms with E-state index in [0.29, 0.717) is 24.6 Å². The van der Waals surface area contributed by atoms with Gasteiger partial charge in [-0.1, -0.05) is 5.16 Å². The number of nitrogens with one attached hydrogen (secondary N) is 2. The monoisotopic (exact) mass is 326 g/mol. The molecular formula is C14H19ClN4O3. The summed E-state index contributed by atoms with van der Waals surface area (Å²) in [6, 6.07) is 1.99. The number of hydrogen-bond donors (Lipinski definition) is 2. The van der Waals surface area contributed by atoms with Gasteiger partial charge in [0.25, 0.3) is 0 Å². The molecule has 3 rings (SSSR count). The van der Waals surface area contributed by atoms with Gasteiger partial charge in [-0.2, -0.15) is 4.98 Å². The molecule has 0 aromatic carbocycles. The number of hydrogen-bond acceptors (Lipinski definition) is 6. The van der Waals surface area contributed by atoms with Crippen molar-refractivity contribution in [1.29, 1.82) is 0 Å². The molecule has 2 N–H and O–H groups in total. The molecule has 2 aromatic rings. The predicted molar refractivity (Wildman–Crippen MR) is 81.6 cm³/mol. The van der Waals surface area contributed by atoms with Crippen molar-refractivity contribution in [3.8, 4) is 11.4 Å². The average Bonchev–Trinajstić information content (AvgIpc) is 3.17. The van der Waals surface area contributed by atoms with E-state index in [1.54, 1.807) is 18.6 Å². The molecule has 22 heavy (non-hydrogen) atoms. The van der Waals surface area contributed by atoms with Crippen LogP contribution in [-0.4, -0.2) is 35.2 Å². The van der Waals surface area contributed by atoms with E-state index < -0.39 is 0 Å². The number of furan rings is 1. The number of carbonyl (C=O) groups is 1. The van der Waals surface area contributed by atoms with E-state index in [0.717, 1.165) is 31.5 Å². The zero-order valence-electron chi connectivity index (χ0n) is 12.1. The minimum Gasteiger partial charge on any atom is -0.472 e. The van der Waals surface area contributed by atoms with Crippen molar-refractivity contribution in [3.05, 3.63) is 24.5 Å². The summed E-state index contributed by atoms with van der Waals surface area (Å²) >= 11 is 0. The third-order valence-electron chi connectivity index (χ3n) is 3.48. The summed E-state index contributed by atoms with van der Waals surface area (Å²) < 4.78 is 10.1. The van der Waals surface area contributed by atoms with Gasteiger partial charge in [-0.15, -0.1) is 12.4 Å². The number of amides is 1. The predicted octanol–water partition coefficient (Wildman–Crippen LogP) is 1.55. The molecule has 1 atom stereocenters. The first kappa shape index (κ1) is 16.5. The van der Waals surface area contributed by atoms with Crippen LogP contribution < -0.4 is 10.6 Å². The Morgan fingerprint density at radius 1 is 1.50 bits per heavy atom. The average molecular weight is 327 g/mol. The van der Waals surface area contributed by atoms with Crippen LogP contribution in [0.3, 0.4) is 0 Å². The second kappa shape index (κ2) is 7.95. The molecule has 0 saturated carbocycles. The molecule has 120 valence electrons. The van der Waals surface area contributed by atoms with Gasteiger partial charge in [0.1, 0.15) is 6.26 Å². The van der Waals surface area contributed by atoms with E-state index in [1.807, 2.05) is 0 Å². The first-order chi connectivity index (χ1) is 10.3. The van der Waals surface area contributed by atoms with Crippen molar-refractivity contribution in [2.45, 2.75) is 31.7 Å². The van der Waals surface area contributed by atoms with Crippen molar-refractivity contribution in [3.63, 3.8) is 0 Å². The fraction of sp³-hybridized carbons (Fsp3) is 0.500. The second-order valence-corrected chi connectivity index (χ2v) is 5.13. The molecule has 8 heteroatoms. The molecule has 1 aliphatic rings. The number of aryl methyl sites for hydroxylation is 1. The van der Waals surface area contributed by atoms with Gasteiger partial charge in [0.2, 0.25) is 17.6 Å². The summed E-state index contributed by atoms with van der Waals surface area (Å²) in [5.74, 6) is 0.963. The third kappa shape index (κ3) is 4.32. The highest BCUT2D eigenvalue weighted by Gasteiger charge is 2.16. The fourth-order valence-electron chi connectivity index (χ4n) is 2.36. The van der Waals surface area contributed by atoms with Gasteiger partial charge in [-0.05, 0) is 25.5 Å². The van der Waals surface area contributed by atoms with Crippen LogP contribution in [0.15, 0.2) is 27.5 Å². The summed E-state index contributed by atoms with van der Waals surface area (Å²) in [7, 11) is 0. The van der Waals surface area contributed by atoms with Gasteiger partial charge >= 0.3 is 0 Å². The maximum Gasteiger partial charge on any atom is 0.227 e. The Hall–Kier alpha value is -1.86. The van der Waals surface area contributed by atoms with Gasteiger partial charge < -0.3 is 19.6 Å². The van der Waals surface area contributed by atoms with Crippen LogP contribution in [-0.2, 0) is 11.2 Å². The van der Waals surface area contributed by atoms with Crippen molar-refractivity contribution in [1.82, 2.24) is 20.8 Å². The molecule has 1 fully saturated rings. The SMILES string of the molecule is Cl.O=C(CCc1nc(-c2ccoc2)no1)NC1CCCNC1. The summed E-state index contributed by atoms with van der Waals surface area (Å²) in [6.45, 7) is 1.88. The standard InChI is InChI=1S/C14H18N4O3.ClH/c19-12(16-11-2-1-6-15-8-11)3-4-13-17-14(18-21-13)10-5-7-20-9-10;/h5,7,9,11,15H,1-4,6,8H2,(H,16,19);1H. The maximum atomic E-state index is 11.9. The number of carbonyl (C=O) groups excluding carboxylic acids is 1. The Balaban J connectivity index is 0.00000176. The van der Waals surface area contributed by atoms with Gasteiger partial charge in [0.05, 0.1) is 11.8 Å². The van der Waals surface area contributed by atoms with Crippen molar-refractivity contribution < 1.29 is 13.7 Å². The van der Waals surface area contributed by atoms with E-state index in [1.165, 1.54) is 0 Å². The summed E-state index contributed by atoms with van der Waals surface area (Å²) in [6.07, 6.45) is 6.03. The lowest BCUT2D eigenvalue weighted by molar-refractivity contribution is -0.121. The molecule has 3 heterocycles. The molecule has 1 saturated heterocycles. The molecule has 7 nitrogen and oxygen atoms in total. The largest absolute Gasteiger partial charge is 0.472 e. The first-order valence-electron chi connectivity index (χ1n) is 7.16. The molecule has 0 bridgehead atoms. The second-order valence-electron chi connectivity index (χ2n) is 5.13. The van der Waals surface area contributed by atoms with Crippen LogP contribution >= 0.6 is 12.4 Å².